The van der Waals surface area contributed by atoms with Crippen LogP contribution in [-0.4, -0.2) is 71.7 Å². The monoisotopic (exact) mass is 375 g/mol. The lowest BCUT2D eigenvalue weighted by atomic mass is 9.53. The van der Waals surface area contributed by atoms with E-state index in [1.54, 1.807) is 0 Å². The van der Waals surface area contributed by atoms with Crippen LogP contribution in [0.25, 0.3) is 0 Å². The number of carbonyl (C=O) groups is 1. The molecule has 2 aliphatic heterocycles. The topological polar surface area (TPSA) is 55.8 Å². The van der Waals surface area contributed by atoms with Crippen LogP contribution < -0.4 is 5.32 Å². The van der Waals surface area contributed by atoms with Crippen LogP contribution in [-0.2, 0) is 4.79 Å². The van der Waals surface area contributed by atoms with E-state index in [0.29, 0.717) is 18.9 Å². The number of aliphatic hydroxyl groups is 1. The summed E-state index contributed by atoms with van der Waals surface area (Å²) in [7, 11) is 2.19. The molecule has 27 heavy (non-hydrogen) atoms. The molecular weight excluding hydrogens is 338 g/mol. The molecule has 2 heterocycles. The first-order chi connectivity index (χ1) is 13.0. The minimum Gasteiger partial charge on any atom is -0.392 e. The van der Waals surface area contributed by atoms with Crippen LogP contribution in [0.5, 0.6) is 0 Å². The maximum Gasteiger partial charge on any atom is 0.237 e. The Labute approximate surface area is 163 Å². The predicted octanol–water partition coefficient (Wildman–Crippen LogP) is 1.85. The smallest absolute Gasteiger partial charge is 0.237 e. The zero-order chi connectivity index (χ0) is 18.6. The quantitative estimate of drug-likeness (QED) is 0.787. The average molecular weight is 376 g/mol. The first kappa shape index (κ1) is 18.4. The van der Waals surface area contributed by atoms with Crippen LogP contribution in [0.15, 0.2) is 0 Å². The number of likely N-dealkylation sites (tertiary alicyclic amines) is 2. The molecule has 0 radical (unpaired) electrons. The second kappa shape index (κ2) is 7.00. The van der Waals surface area contributed by atoms with Crippen LogP contribution >= 0.6 is 0 Å². The van der Waals surface area contributed by atoms with Crippen molar-refractivity contribution in [1.82, 2.24) is 15.1 Å². The Morgan fingerprint density at radius 3 is 2.22 bits per heavy atom. The molecular formula is C22H37N3O2. The van der Waals surface area contributed by atoms with Gasteiger partial charge in [-0.05, 0) is 102 Å². The van der Waals surface area contributed by atoms with Gasteiger partial charge in [-0.2, -0.15) is 0 Å². The highest BCUT2D eigenvalue weighted by Gasteiger charge is 2.52. The second-order valence-electron chi connectivity index (χ2n) is 10.8. The Balaban J connectivity index is 1.23. The Morgan fingerprint density at radius 1 is 1.04 bits per heavy atom. The number of aliphatic hydroxyl groups excluding tert-OH is 1. The minimum absolute atomic E-state index is 0.0819. The molecule has 6 fully saturated rings. The number of hydrogen-bond donors (Lipinski definition) is 2. The van der Waals surface area contributed by atoms with E-state index in [1.807, 2.05) is 0 Å². The highest BCUT2D eigenvalue weighted by molar-refractivity contribution is 5.83. The molecule has 152 valence electrons. The molecule has 2 atom stereocenters. The number of carbonyl (C=O) groups excluding carboxylic acids is 1. The Bertz CT molecular complexity index is 537. The van der Waals surface area contributed by atoms with Crippen molar-refractivity contribution in [3.63, 3.8) is 0 Å². The molecule has 2 N–H and O–H groups in total. The Kier molecular flexibility index (Phi) is 4.76. The fraction of sp³-hybridized carbons (Fsp3) is 0.955. The van der Waals surface area contributed by atoms with Crippen LogP contribution in [0.4, 0.5) is 0 Å². The predicted molar refractivity (Wildman–Crippen MR) is 105 cm³/mol. The fourth-order valence-electron chi connectivity index (χ4n) is 7.54. The summed E-state index contributed by atoms with van der Waals surface area (Å²) in [5.74, 6) is 3.42. The van der Waals surface area contributed by atoms with Crippen LogP contribution in [0.2, 0.25) is 0 Å². The summed E-state index contributed by atoms with van der Waals surface area (Å²) in [5, 5.41) is 13.9. The molecule has 0 unspecified atom stereocenters. The molecule has 6 aliphatic rings. The molecule has 1 amide bonds. The van der Waals surface area contributed by atoms with E-state index in [-0.39, 0.29) is 23.6 Å². The second-order valence-corrected chi connectivity index (χ2v) is 10.8. The van der Waals surface area contributed by atoms with Gasteiger partial charge in [0.1, 0.15) is 0 Å². The summed E-state index contributed by atoms with van der Waals surface area (Å²) >= 11 is 0. The van der Waals surface area contributed by atoms with Gasteiger partial charge in [0.25, 0.3) is 0 Å². The number of piperidine rings is 1. The summed E-state index contributed by atoms with van der Waals surface area (Å²) in [4.78, 5) is 18.0. The third kappa shape index (κ3) is 3.67. The lowest BCUT2D eigenvalue weighted by Crippen LogP contribution is -2.62. The van der Waals surface area contributed by atoms with Crippen molar-refractivity contribution in [2.75, 3.05) is 33.2 Å². The highest BCUT2D eigenvalue weighted by Crippen LogP contribution is 2.55. The SMILES string of the molecule is CN1CCC(CN2C[C@H](O)C[C@@H]2C(=O)NC23CC4CC(CC(C4)C2)C3)CC1. The van der Waals surface area contributed by atoms with Crippen molar-refractivity contribution >= 4 is 5.91 Å². The Morgan fingerprint density at radius 2 is 1.63 bits per heavy atom. The number of rotatable bonds is 4. The van der Waals surface area contributed by atoms with Gasteiger partial charge in [-0.3, -0.25) is 9.69 Å². The number of hydrogen-bond acceptors (Lipinski definition) is 4. The molecule has 0 spiro atoms. The molecule has 0 aromatic rings. The van der Waals surface area contributed by atoms with Crippen molar-refractivity contribution in [2.45, 2.75) is 75.5 Å². The van der Waals surface area contributed by atoms with Crippen molar-refractivity contribution < 1.29 is 9.90 Å². The molecule has 2 saturated heterocycles. The summed E-state index contributed by atoms with van der Waals surface area (Å²) in [6.45, 7) is 3.96. The molecule has 5 nitrogen and oxygen atoms in total. The summed E-state index contributed by atoms with van der Waals surface area (Å²) in [5.41, 5.74) is 0.0819. The molecule has 0 aromatic heterocycles. The van der Waals surface area contributed by atoms with Gasteiger partial charge < -0.3 is 15.3 Å². The zero-order valence-electron chi connectivity index (χ0n) is 16.9. The molecule has 4 bridgehead atoms. The lowest BCUT2D eigenvalue weighted by Gasteiger charge is -2.57. The van der Waals surface area contributed by atoms with Crippen molar-refractivity contribution in [3.05, 3.63) is 0 Å². The van der Waals surface area contributed by atoms with Crippen molar-refractivity contribution in [3.8, 4) is 0 Å². The van der Waals surface area contributed by atoms with E-state index in [0.717, 1.165) is 37.4 Å². The van der Waals surface area contributed by atoms with E-state index in [9.17, 15) is 9.90 Å². The molecule has 4 saturated carbocycles. The molecule has 5 heteroatoms. The summed E-state index contributed by atoms with van der Waals surface area (Å²) < 4.78 is 0. The van der Waals surface area contributed by atoms with Gasteiger partial charge in [0.15, 0.2) is 0 Å². The number of β-amino-alcohol motifs (C(OH)–C–C–N with tert-alkyl or cyclic N) is 1. The van der Waals surface area contributed by atoms with Gasteiger partial charge in [-0.1, -0.05) is 0 Å². The van der Waals surface area contributed by atoms with Gasteiger partial charge in [0.2, 0.25) is 5.91 Å². The normalized spacial score (nSPS) is 45.5. The fourth-order valence-corrected chi connectivity index (χ4v) is 7.54. The number of nitrogens with one attached hydrogen (secondary N) is 1. The highest BCUT2D eigenvalue weighted by atomic mass is 16.3. The molecule has 4 aliphatic carbocycles. The lowest BCUT2D eigenvalue weighted by molar-refractivity contribution is -0.131. The molecule has 0 aromatic carbocycles. The van der Waals surface area contributed by atoms with Crippen LogP contribution in [0, 0.1) is 23.7 Å². The van der Waals surface area contributed by atoms with Crippen LogP contribution in [0.1, 0.15) is 57.8 Å². The zero-order valence-corrected chi connectivity index (χ0v) is 16.9. The van der Waals surface area contributed by atoms with E-state index in [1.165, 1.54) is 51.4 Å². The summed E-state index contributed by atoms with van der Waals surface area (Å²) in [6, 6.07) is -0.118. The first-order valence-electron chi connectivity index (χ1n) is 11.4. The maximum absolute atomic E-state index is 13.3. The molecule has 6 rings (SSSR count). The van der Waals surface area contributed by atoms with Crippen molar-refractivity contribution in [2.24, 2.45) is 23.7 Å². The van der Waals surface area contributed by atoms with E-state index in [2.05, 4.69) is 22.2 Å². The third-order valence-corrected chi connectivity index (χ3v) is 8.44. The maximum atomic E-state index is 13.3. The standard InChI is InChI=1S/C22H37N3O2/c1-24-4-2-15(3-5-24)13-25-14-19(26)9-20(25)21(27)23-22-10-16-6-17(11-22)8-18(7-16)12-22/h15-20,26H,2-14H2,1H3,(H,23,27)/t16?,17?,18?,19-,20-,22?/m1/s1. The van der Waals surface area contributed by atoms with E-state index < -0.39 is 0 Å². The van der Waals surface area contributed by atoms with E-state index >= 15 is 0 Å². The van der Waals surface area contributed by atoms with Gasteiger partial charge in [-0.25, -0.2) is 0 Å². The minimum atomic E-state index is -0.344. The van der Waals surface area contributed by atoms with E-state index in [4.69, 9.17) is 0 Å². The van der Waals surface area contributed by atoms with Gasteiger partial charge in [0, 0.05) is 18.6 Å². The average Bonchev–Trinajstić information content (AvgIpc) is 2.96. The largest absolute Gasteiger partial charge is 0.392 e. The van der Waals surface area contributed by atoms with Crippen molar-refractivity contribution in [1.29, 1.82) is 0 Å². The van der Waals surface area contributed by atoms with Gasteiger partial charge in [0.05, 0.1) is 12.1 Å². The Hall–Kier alpha value is -0.650. The van der Waals surface area contributed by atoms with Crippen LogP contribution in [0.3, 0.4) is 0 Å². The number of nitrogens with zero attached hydrogens (tertiary/aromatic N) is 2. The van der Waals surface area contributed by atoms with Gasteiger partial charge >= 0.3 is 0 Å². The summed E-state index contributed by atoms with van der Waals surface area (Å²) in [6.07, 6.45) is 10.5. The number of amides is 1. The first-order valence-corrected chi connectivity index (χ1v) is 11.4. The third-order valence-electron chi connectivity index (χ3n) is 8.44. The van der Waals surface area contributed by atoms with Gasteiger partial charge in [-0.15, -0.1) is 0 Å².